The predicted octanol–water partition coefficient (Wildman–Crippen LogP) is 0.775. The summed E-state index contributed by atoms with van der Waals surface area (Å²) in [6.45, 7) is 0. The van der Waals surface area contributed by atoms with Crippen molar-refractivity contribution in [2.75, 3.05) is 0 Å². The van der Waals surface area contributed by atoms with Crippen LogP contribution < -0.4 is 5.73 Å². The molecule has 1 nitrogen and oxygen atoms in total. The molecule has 0 bridgehead atoms. The van der Waals surface area contributed by atoms with Gasteiger partial charge in [0.05, 0.1) is 0 Å². The summed E-state index contributed by atoms with van der Waals surface area (Å²) in [5.74, 6) is 0. The van der Waals surface area contributed by atoms with Gasteiger partial charge >= 0.3 is 0 Å². The maximum atomic E-state index is 12.4. The minimum Gasteiger partial charge on any atom is -0.391 e. The van der Waals surface area contributed by atoms with Gasteiger partial charge in [0.1, 0.15) is 4.99 Å². The molecule has 0 radical (unpaired) electrons. The summed E-state index contributed by atoms with van der Waals surface area (Å²) in [7, 11) is 0. The molecule has 1 fully saturated rings. The van der Waals surface area contributed by atoms with Crippen molar-refractivity contribution in [2.24, 2.45) is 5.73 Å². The molecule has 0 spiro atoms. The molecule has 1 aliphatic carbocycles. The van der Waals surface area contributed by atoms with E-state index in [4.69, 9.17) is 5.73 Å². The van der Waals surface area contributed by atoms with Crippen LogP contribution in [-0.2, 0) is 0 Å². The molecule has 1 aliphatic rings. The first kappa shape index (κ1) is 4.97. The van der Waals surface area contributed by atoms with E-state index in [0.29, 0.717) is 12.8 Å². The van der Waals surface area contributed by atoms with Crippen LogP contribution in [0, 0.1) is 0 Å². The van der Waals surface area contributed by atoms with Crippen molar-refractivity contribution >= 4 is 17.2 Å². The van der Waals surface area contributed by atoms with E-state index in [1.807, 2.05) is 0 Å². The van der Waals surface area contributed by atoms with E-state index in [-0.39, 0.29) is 4.99 Å². The zero-order valence-electron chi connectivity index (χ0n) is 3.78. The van der Waals surface area contributed by atoms with Crippen LogP contribution in [0.2, 0.25) is 0 Å². The molecule has 3 heteroatoms. The summed E-state index contributed by atoms with van der Waals surface area (Å²) in [5.41, 5.74) is 3.75. The summed E-state index contributed by atoms with van der Waals surface area (Å²) >= 11 is 4.40. The average molecular weight is 119 g/mol. The van der Waals surface area contributed by atoms with Crippen molar-refractivity contribution in [3.8, 4) is 0 Å². The maximum Gasteiger partial charge on any atom is 0.160 e. The molecule has 0 amide bonds. The van der Waals surface area contributed by atoms with Gasteiger partial charge in [0.15, 0.2) is 5.67 Å². The second-order valence-electron chi connectivity index (χ2n) is 1.83. The number of halogens is 1. The quantitative estimate of drug-likeness (QED) is 0.516. The Bertz CT molecular complexity index is 108. The van der Waals surface area contributed by atoms with Crippen LogP contribution in [0.4, 0.5) is 4.39 Å². The van der Waals surface area contributed by atoms with E-state index in [9.17, 15) is 4.39 Å². The second-order valence-corrected chi connectivity index (χ2v) is 2.27. The minimum atomic E-state index is -1.24. The third-order valence-electron chi connectivity index (χ3n) is 1.13. The van der Waals surface area contributed by atoms with E-state index in [0.717, 1.165) is 0 Å². The van der Waals surface area contributed by atoms with Crippen LogP contribution in [-0.4, -0.2) is 10.7 Å². The van der Waals surface area contributed by atoms with Crippen LogP contribution in [0.15, 0.2) is 0 Å². The first-order valence-corrected chi connectivity index (χ1v) is 2.55. The van der Waals surface area contributed by atoms with Crippen LogP contribution >= 0.6 is 12.2 Å². The highest BCUT2D eigenvalue weighted by Crippen LogP contribution is 2.39. The Balaban J connectivity index is 2.55. The molecule has 2 N–H and O–H groups in total. The molecule has 0 aromatic heterocycles. The van der Waals surface area contributed by atoms with Crippen molar-refractivity contribution in [3.63, 3.8) is 0 Å². The van der Waals surface area contributed by atoms with Crippen LogP contribution in [0.5, 0.6) is 0 Å². The van der Waals surface area contributed by atoms with Crippen LogP contribution in [0.1, 0.15) is 12.8 Å². The fourth-order valence-electron chi connectivity index (χ4n) is 0.356. The van der Waals surface area contributed by atoms with Crippen LogP contribution in [0.25, 0.3) is 0 Å². The van der Waals surface area contributed by atoms with Gasteiger partial charge in [0.2, 0.25) is 0 Å². The molecule has 0 saturated heterocycles. The van der Waals surface area contributed by atoms with E-state index < -0.39 is 5.67 Å². The second kappa shape index (κ2) is 1.15. The lowest BCUT2D eigenvalue weighted by Crippen LogP contribution is -2.23. The fourth-order valence-corrected chi connectivity index (χ4v) is 0.560. The summed E-state index contributed by atoms with van der Waals surface area (Å²) in [6.07, 6.45) is 1.06. The molecule has 0 aliphatic heterocycles. The summed E-state index contributed by atoms with van der Waals surface area (Å²) in [6, 6.07) is 0. The highest BCUT2D eigenvalue weighted by Gasteiger charge is 2.46. The zero-order chi connectivity index (χ0) is 5.49. The number of hydrogen-bond donors (Lipinski definition) is 1. The van der Waals surface area contributed by atoms with Crippen molar-refractivity contribution in [3.05, 3.63) is 0 Å². The summed E-state index contributed by atoms with van der Waals surface area (Å²) in [4.78, 5) is 0.0208. The molecule has 40 valence electrons. The van der Waals surface area contributed by atoms with Gasteiger partial charge in [0.25, 0.3) is 0 Å². The topological polar surface area (TPSA) is 26.0 Å². The van der Waals surface area contributed by atoms with Gasteiger partial charge in [-0.2, -0.15) is 0 Å². The summed E-state index contributed by atoms with van der Waals surface area (Å²) in [5, 5.41) is 0. The molecule has 0 aromatic carbocycles. The Morgan fingerprint density at radius 3 is 2.14 bits per heavy atom. The van der Waals surface area contributed by atoms with Gasteiger partial charge in [-0.15, -0.1) is 0 Å². The molecule has 1 saturated carbocycles. The van der Waals surface area contributed by atoms with Gasteiger partial charge in [-0.05, 0) is 12.8 Å². The van der Waals surface area contributed by atoms with Crippen molar-refractivity contribution < 1.29 is 4.39 Å². The normalized spacial score (nSPS) is 24.1. The molecule has 7 heavy (non-hydrogen) atoms. The molecular weight excluding hydrogens is 113 g/mol. The standard InChI is InChI=1S/C4H6FNS/c5-4(1-2-4)3(6)7/h1-2H2,(H2,6,7). The largest absolute Gasteiger partial charge is 0.391 e. The van der Waals surface area contributed by atoms with Gasteiger partial charge in [0, 0.05) is 0 Å². The van der Waals surface area contributed by atoms with Crippen molar-refractivity contribution in [1.29, 1.82) is 0 Å². The molecule has 0 aromatic rings. The highest BCUT2D eigenvalue weighted by atomic mass is 32.1. The third kappa shape index (κ3) is 0.725. The molecular formula is C4H6FNS. The molecule has 0 heterocycles. The Labute approximate surface area is 46.7 Å². The minimum absolute atomic E-state index is 0.0208. The van der Waals surface area contributed by atoms with E-state index >= 15 is 0 Å². The Morgan fingerprint density at radius 2 is 2.14 bits per heavy atom. The molecule has 0 unspecified atom stereocenters. The average Bonchev–Trinajstić information content (AvgIpc) is 2.21. The van der Waals surface area contributed by atoms with E-state index in [1.165, 1.54) is 0 Å². The van der Waals surface area contributed by atoms with Crippen molar-refractivity contribution in [2.45, 2.75) is 18.5 Å². The molecule has 0 atom stereocenters. The first-order chi connectivity index (χ1) is 3.15. The monoisotopic (exact) mass is 119 g/mol. The van der Waals surface area contributed by atoms with Gasteiger partial charge in [-0.25, -0.2) is 4.39 Å². The van der Waals surface area contributed by atoms with Gasteiger partial charge in [-0.3, -0.25) is 0 Å². The fraction of sp³-hybridized carbons (Fsp3) is 0.750. The van der Waals surface area contributed by atoms with E-state index in [2.05, 4.69) is 12.2 Å². The van der Waals surface area contributed by atoms with Crippen LogP contribution in [0.3, 0.4) is 0 Å². The van der Waals surface area contributed by atoms with E-state index in [1.54, 1.807) is 0 Å². The maximum absolute atomic E-state index is 12.4. The lowest BCUT2D eigenvalue weighted by molar-refractivity contribution is 0.408. The molecule has 1 rings (SSSR count). The number of thiocarbonyl (C=S) groups is 1. The number of nitrogens with two attached hydrogens (primary N) is 1. The SMILES string of the molecule is NC(=S)C1(F)CC1. The lowest BCUT2D eigenvalue weighted by atomic mass is 10.4. The predicted molar refractivity (Wildman–Crippen MR) is 29.9 cm³/mol. The first-order valence-electron chi connectivity index (χ1n) is 2.14. The Kier molecular flexibility index (Phi) is 0.819. The summed E-state index contributed by atoms with van der Waals surface area (Å²) < 4.78 is 12.4. The number of alkyl halides is 1. The Morgan fingerprint density at radius 1 is 1.71 bits per heavy atom. The van der Waals surface area contributed by atoms with Gasteiger partial charge < -0.3 is 5.73 Å². The number of rotatable bonds is 1. The smallest absolute Gasteiger partial charge is 0.160 e. The Hall–Kier alpha value is -0.180. The van der Waals surface area contributed by atoms with Gasteiger partial charge in [-0.1, -0.05) is 12.2 Å². The van der Waals surface area contributed by atoms with Crippen molar-refractivity contribution in [1.82, 2.24) is 0 Å². The highest BCUT2D eigenvalue weighted by molar-refractivity contribution is 7.80. The lowest BCUT2D eigenvalue weighted by Gasteiger charge is -1.96. The zero-order valence-corrected chi connectivity index (χ0v) is 4.59. The number of hydrogen-bond acceptors (Lipinski definition) is 1. The third-order valence-corrected chi connectivity index (χ3v) is 1.50.